The van der Waals surface area contributed by atoms with E-state index in [0.29, 0.717) is 11.1 Å². The van der Waals surface area contributed by atoms with Gasteiger partial charge in [-0.25, -0.2) is 4.79 Å². The highest BCUT2D eigenvalue weighted by atomic mass is 28.4. The van der Waals surface area contributed by atoms with Crippen LogP contribution in [0.4, 0.5) is 0 Å². The summed E-state index contributed by atoms with van der Waals surface area (Å²) in [4.78, 5) is 27.5. The van der Waals surface area contributed by atoms with Crippen molar-refractivity contribution in [3.05, 3.63) is 35.4 Å². The van der Waals surface area contributed by atoms with Gasteiger partial charge in [-0.2, -0.15) is 0 Å². The lowest BCUT2D eigenvalue weighted by atomic mass is 9.97. The van der Waals surface area contributed by atoms with Gasteiger partial charge in [-0.05, 0) is 64.1 Å². The highest BCUT2D eigenvalue weighted by Crippen LogP contribution is 2.21. The van der Waals surface area contributed by atoms with Crippen LogP contribution >= 0.6 is 0 Å². The van der Waals surface area contributed by atoms with Crippen LogP contribution in [0, 0.1) is 0 Å². The van der Waals surface area contributed by atoms with E-state index in [2.05, 4.69) is 11.8 Å². The number of hydrogen-bond acceptors (Lipinski definition) is 4. The van der Waals surface area contributed by atoms with Crippen molar-refractivity contribution in [2.45, 2.75) is 64.7 Å². The average Bonchev–Trinajstić information content (AvgIpc) is 3.08. The molecule has 0 saturated carbocycles. The van der Waals surface area contributed by atoms with Gasteiger partial charge in [0.2, 0.25) is 8.32 Å². The molecule has 1 unspecified atom stereocenters. The standard InChI is InChI=1S/C20H31NO3Si/c1-5-6-9-18(21-14-7-8-15-21)19(22)16-10-12-17(13-11-16)20(23)24-25(2,3)4/h10-13,18H,5-9,14-15H2,1-4H3. The monoisotopic (exact) mass is 361 g/mol. The van der Waals surface area contributed by atoms with Gasteiger partial charge in [-0.3, -0.25) is 9.69 Å². The zero-order valence-electron chi connectivity index (χ0n) is 16.0. The van der Waals surface area contributed by atoms with Gasteiger partial charge in [0.05, 0.1) is 11.6 Å². The van der Waals surface area contributed by atoms with Gasteiger partial charge < -0.3 is 4.43 Å². The minimum absolute atomic E-state index is 0.0257. The summed E-state index contributed by atoms with van der Waals surface area (Å²) in [6.07, 6.45) is 5.43. The molecule has 1 saturated heterocycles. The predicted molar refractivity (Wildman–Crippen MR) is 104 cm³/mol. The highest BCUT2D eigenvalue weighted by molar-refractivity contribution is 6.71. The van der Waals surface area contributed by atoms with E-state index in [1.807, 2.05) is 19.6 Å². The Morgan fingerprint density at radius 2 is 1.64 bits per heavy atom. The number of carbonyl (C=O) groups excluding carboxylic acids is 2. The first-order valence-corrected chi connectivity index (χ1v) is 12.8. The Morgan fingerprint density at radius 1 is 1.08 bits per heavy atom. The zero-order chi connectivity index (χ0) is 18.4. The van der Waals surface area contributed by atoms with Crippen molar-refractivity contribution >= 4 is 20.1 Å². The third-order valence-corrected chi connectivity index (χ3v) is 5.32. The molecule has 1 aromatic rings. The molecule has 1 aliphatic heterocycles. The highest BCUT2D eigenvalue weighted by Gasteiger charge is 2.28. The molecule has 0 N–H and O–H groups in total. The Labute approximate surface area is 152 Å². The Hall–Kier alpha value is -1.46. The number of hydrogen-bond donors (Lipinski definition) is 0. The average molecular weight is 362 g/mol. The predicted octanol–water partition coefficient (Wildman–Crippen LogP) is 4.52. The summed E-state index contributed by atoms with van der Waals surface area (Å²) in [5.74, 6) is -0.110. The second-order valence-corrected chi connectivity index (χ2v) is 12.3. The first-order valence-electron chi connectivity index (χ1n) is 9.43. The molecule has 0 spiro atoms. The zero-order valence-corrected chi connectivity index (χ0v) is 17.0. The van der Waals surface area contributed by atoms with Crippen LogP contribution in [-0.2, 0) is 4.43 Å². The minimum Gasteiger partial charge on any atom is -0.516 e. The van der Waals surface area contributed by atoms with Crippen molar-refractivity contribution in [1.82, 2.24) is 4.90 Å². The number of Topliss-reactive ketones (excluding diaryl/α,β-unsaturated/α-hetero) is 1. The Balaban J connectivity index is 2.10. The molecule has 0 aliphatic carbocycles. The lowest BCUT2D eigenvalue weighted by molar-refractivity contribution is 0.0723. The number of ketones is 1. The first-order chi connectivity index (χ1) is 11.8. The quantitative estimate of drug-likeness (QED) is 0.505. The molecule has 5 heteroatoms. The smallest absolute Gasteiger partial charge is 0.324 e. The molecule has 25 heavy (non-hydrogen) atoms. The lowest BCUT2D eigenvalue weighted by Gasteiger charge is -2.26. The molecule has 0 bridgehead atoms. The molecule has 0 aromatic heterocycles. The van der Waals surface area contributed by atoms with Gasteiger partial charge in [-0.15, -0.1) is 0 Å². The first kappa shape index (κ1) is 19.9. The van der Waals surface area contributed by atoms with Crippen molar-refractivity contribution in [2.75, 3.05) is 13.1 Å². The third-order valence-electron chi connectivity index (χ3n) is 4.52. The summed E-state index contributed by atoms with van der Waals surface area (Å²) in [7, 11) is -1.91. The van der Waals surface area contributed by atoms with E-state index in [-0.39, 0.29) is 17.8 Å². The maximum Gasteiger partial charge on any atom is 0.324 e. The number of benzene rings is 1. The number of likely N-dealkylation sites (tertiary alicyclic amines) is 1. The van der Waals surface area contributed by atoms with E-state index < -0.39 is 8.32 Å². The van der Waals surface area contributed by atoms with Crippen molar-refractivity contribution in [3.8, 4) is 0 Å². The number of nitrogens with zero attached hydrogens (tertiary/aromatic N) is 1. The largest absolute Gasteiger partial charge is 0.516 e. The summed E-state index contributed by atoms with van der Waals surface area (Å²) in [6.45, 7) is 10.1. The van der Waals surface area contributed by atoms with E-state index in [0.717, 1.165) is 32.4 Å². The summed E-state index contributed by atoms with van der Waals surface area (Å²) in [5.41, 5.74) is 1.21. The fraction of sp³-hybridized carbons (Fsp3) is 0.600. The van der Waals surface area contributed by atoms with Gasteiger partial charge in [0.25, 0.3) is 0 Å². The molecule has 2 rings (SSSR count). The number of carbonyl (C=O) groups is 2. The molecule has 1 atom stereocenters. The molecule has 1 fully saturated rings. The Morgan fingerprint density at radius 3 is 2.16 bits per heavy atom. The van der Waals surface area contributed by atoms with Gasteiger partial charge in [0, 0.05) is 5.56 Å². The van der Waals surface area contributed by atoms with Crippen LogP contribution in [-0.4, -0.2) is 44.1 Å². The van der Waals surface area contributed by atoms with E-state index >= 15 is 0 Å². The SMILES string of the molecule is CCCCC(C(=O)c1ccc(C(=O)O[Si](C)(C)C)cc1)N1CCCC1. The number of rotatable bonds is 8. The molecule has 0 radical (unpaired) electrons. The lowest BCUT2D eigenvalue weighted by Crippen LogP contribution is -2.39. The third kappa shape index (κ3) is 5.78. The molecular formula is C20H31NO3Si. The van der Waals surface area contributed by atoms with Gasteiger partial charge >= 0.3 is 5.97 Å². The van der Waals surface area contributed by atoms with Crippen LogP contribution in [0.2, 0.25) is 19.6 Å². The number of unbranched alkanes of at least 4 members (excludes halogenated alkanes) is 1. The van der Waals surface area contributed by atoms with Gasteiger partial charge in [0.1, 0.15) is 0 Å². The topological polar surface area (TPSA) is 46.6 Å². The van der Waals surface area contributed by atoms with Crippen molar-refractivity contribution in [2.24, 2.45) is 0 Å². The molecule has 1 aromatic carbocycles. The fourth-order valence-electron chi connectivity index (χ4n) is 3.23. The molecule has 0 amide bonds. The van der Waals surface area contributed by atoms with E-state index in [1.165, 1.54) is 12.8 Å². The minimum atomic E-state index is -1.91. The second kappa shape index (κ2) is 8.76. The second-order valence-electron chi connectivity index (χ2n) is 7.84. The summed E-state index contributed by atoms with van der Waals surface area (Å²) >= 11 is 0. The summed E-state index contributed by atoms with van der Waals surface area (Å²) in [6, 6.07) is 6.96. The van der Waals surface area contributed by atoms with Crippen LogP contribution in [0.1, 0.15) is 59.7 Å². The van der Waals surface area contributed by atoms with Crippen molar-refractivity contribution in [1.29, 1.82) is 0 Å². The maximum absolute atomic E-state index is 13.0. The molecule has 1 heterocycles. The molecule has 1 aliphatic rings. The van der Waals surface area contributed by atoms with Crippen LogP contribution in [0.25, 0.3) is 0 Å². The normalized spacial score (nSPS) is 16.6. The van der Waals surface area contributed by atoms with E-state index in [1.54, 1.807) is 24.3 Å². The summed E-state index contributed by atoms with van der Waals surface area (Å²) < 4.78 is 5.51. The van der Waals surface area contributed by atoms with Crippen LogP contribution in [0.5, 0.6) is 0 Å². The Bertz CT molecular complexity index is 586. The van der Waals surface area contributed by atoms with Crippen LogP contribution < -0.4 is 0 Å². The van der Waals surface area contributed by atoms with Gasteiger partial charge in [-0.1, -0.05) is 31.9 Å². The molecule has 138 valence electrons. The Kier molecular flexibility index (Phi) is 6.96. The van der Waals surface area contributed by atoms with Crippen LogP contribution in [0.3, 0.4) is 0 Å². The van der Waals surface area contributed by atoms with E-state index in [4.69, 9.17) is 4.43 Å². The van der Waals surface area contributed by atoms with Crippen molar-refractivity contribution < 1.29 is 14.0 Å². The molecular weight excluding hydrogens is 330 g/mol. The van der Waals surface area contributed by atoms with E-state index in [9.17, 15) is 9.59 Å². The maximum atomic E-state index is 13.0. The molecule has 4 nitrogen and oxygen atoms in total. The van der Waals surface area contributed by atoms with Crippen LogP contribution in [0.15, 0.2) is 24.3 Å². The van der Waals surface area contributed by atoms with Crippen molar-refractivity contribution in [3.63, 3.8) is 0 Å². The fourth-order valence-corrected chi connectivity index (χ4v) is 3.90. The van der Waals surface area contributed by atoms with Gasteiger partial charge in [0.15, 0.2) is 5.78 Å². The summed E-state index contributed by atoms with van der Waals surface area (Å²) in [5, 5.41) is 0.